The van der Waals surface area contributed by atoms with Crippen LogP contribution in [0, 0.1) is 0 Å². The summed E-state index contributed by atoms with van der Waals surface area (Å²) in [5, 5.41) is 0. The number of rotatable bonds is 2. The van der Waals surface area contributed by atoms with Crippen LogP contribution in [0.1, 0.15) is 24.8 Å². The smallest absolute Gasteiger partial charge is 0.233 e. The summed E-state index contributed by atoms with van der Waals surface area (Å²) in [6.07, 6.45) is 3.56. The first kappa shape index (κ1) is 14.0. The molecule has 5 heteroatoms. The van der Waals surface area contributed by atoms with Crippen molar-refractivity contribution in [2.75, 3.05) is 18.8 Å². The molecule has 20 heavy (non-hydrogen) atoms. The molecule has 0 atom stereocenters. The second-order valence-electron chi connectivity index (χ2n) is 5.03. The number of fused-ring (bicyclic) bond motifs is 1. The number of para-hydroxylation sites is 1. The van der Waals surface area contributed by atoms with E-state index < -0.39 is 0 Å². The molecule has 0 radical (unpaired) electrons. The average molecular weight is 306 g/mol. The van der Waals surface area contributed by atoms with Crippen molar-refractivity contribution in [1.82, 2.24) is 4.90 Å². The minimum atomic E-state index is 0.261. The normalized spacial score (nSPS) is 18.4. The lowest BCUT2D eigenvalue weighted by Gasteiger charge is -2.26. The fourth-order valence-electron chi connectivity index (χ4n) is 2.44. The molecule has 0 aromatic heterocycles. The monoisotopic (exact) mass is 306 g/mol. The number of amides is 1. The Morgan fingerprint density at radius 1 is 1.25 bits per heavy atom. The lowest BCUT2D eigenvalue weighted by atomic mass is 10.1. The molecule has 0 unspecified atom stereocenters. The third-order valence-electron chi connectivity index (χ3n) is 3.58. The molecule has 0 aliphatic carbocycles. The Labute approximate surface area is 128 Å². The van der Waals surface area contributed by atoms with E-state index in [4.69, 9.17) is 0 Å². The maximum Gasteiger partial charge on any atom is 0.233 e. The van der Waals surface area contributed by atoms with Crippen molar-refractivity contribution in [2.24, 2.45) is 4.99 Å². The van der Waals surface area contributed by atoms with Gasteiger partial charge in [-0.2, -0.15) is 0 Å². The predicted octanol–water partition coefficient (Wildman–Crippen LogP) is 3.67. The van der Waals surface area contributed by atoms with Crippen LogP contribution >= 0.6 is 23.5 Å². The van der Waals surface area contributed by atoms with Gasteiger partial charge in [0.2, 0.25) is 5.91 Å². The Balaban J connectivity index is 1.56. The Hall–Kier alpha value is -0.940. The molecule has 2 heterocycles. The summed E-state index contributed by atoms with van der Waals surface area (Å²) >= 11 is 3.32. The van der Waals surface area contributed by atoms with E-state index in [2.05, 4.69) is 11.1 Å². The van der Waals surface area contributed by atoms with Crippen LogP contribution in [0.2, 0.25) is 0 Å². The summed E-state index contributed by atoms with van der Waals surface area (Å²) in [5.74, 6) is 1.74. The molecular formula is C15H18N2OS2. The van der Waals surface area contributed by atoms with Crippen molar-refractivity contribution in [3.05, 3.63) is 29.8 Å². The molecule has 1 fully saturated rings. The molecular weight excluding hydrogens is 288 g/mol. The van der Waals surface area contributed by atoms with Crippen LogP contribution in [0.4, 0.5) is 5.69 Å². The number of aliphatic imine (C=N–C) groups is 1. The second kappa shape index (κ2) is 6.68. The van der Waals surface area contributed by atoms with Gasteiger partial charge in [0.15, 0.2) is 0 Å². The maximum absolute atomic E-state index is 12.1. The first-order chi connectivity index (χ1) is 9.83. The van der Waals surface area contributed by atoms with Crippen LogP contribution in [-0.4, -0.2) is 34.0 Å². The third kappa shape index (κ3) is 3.38. The van der Waals surface area contributed by atoms with E-state index >= 15 is 0 Å². The first-order valence-electron chi connectivity index (χ1n) is 7.03. The Kier molecular flexibility index (Phi) is 4.68. The molecule has 1 aromatic carbocycles. The molecule has 2 aliphatic heterocycles. The van der Waals surface area contributed by atoms with Gasteiger partial charge in [0.1, 0.15) is 4.38 Å². The number of hydrogen-bond donors (Lipinski definition) is 0. The van der Waals surface area contributed by atoms with Gasteiger partial charge in [0.25, 0.3) is 0 Å². The molecule has 1 saturated heterocycles. The standard InChI is InChI=1S/C15H18N2OS2/c18-14(17-8-4-1-5-9-17)11-20-15-16-13-7-3-2-6-12(13)10-19-15/h2-3,6-7H,1,4-5,8-11H2. The van der Waals surface area contributed by atoms with E-state index in [-0.39, 0.29) is 5.91 Å². The molecule has 1 aromatic rings. The maximum atomic E-state index is 12.1. The third-order valence-corrected chi connectivity index (χ3v) is 5.81. The highest BCUT2D eigenvalue weighted by Gasteiger charge is 2.18. The Morgan fingerprint density at radius 3 is 2.90 bits per heavy atom. The van der Waals surface area contributed by atoms with Crippen LogP contribution in [0.25, 0.3) is 0 Å². The van der Waals surface area contributed by atoms with Gasteiger partial charge in [0.05, 0.1) is 11.4 Å². The van der Waals surface area contributed by atoms with Gasteiger partial charge in [-0.05, 0) is 30.9 Å². The number of benzene rings is 1. The molecule has 1 amide bonds. The lowest BCUT2D eigenvalue weighted by molar-refractivity contribution is -0.129. The van der Waals surface area contributed by atoms with E-state index in [1.807, 2.05) is 23.1 Å². The summed E-state index contributed by atoms with van der Waals surface area (Å²) < 4.78 is 1.02. The molecule has 3 rings (SSSR count). The molecule has 0 saturated carbocycles. The van der Waals surface area contributed by atoms with E-state index in [9.17, 15) is 4.79 Å². The van der Waals surface area contributed by atoms with Gasteiger partial charge in [-0.3, -0.25) is 4.79 Å². The molecule has 2 aliphatic rings. The van der Waals surface area contributed by atoms with Crippen molar-refractivity contribution < 1.29 is 4.79 Å². The van der Waals surface area contributed by atoms with Crippen molar-refractivity contribution in [2.45, 2.75) is 25.0 Å². The van der Waals surface area contributed by atoms with E-state index in [1.54, 1.807) is 23.5 Å². The second-order valence-corrected chi connectivity index (χ2v) is 7.21. The first-order valence-corrected chi connectivity index (χ1v) is 9.00. The fraction of sp³-hybridized carbons (Fsp3) is 0.467. The minimum Gasteiger partial charge on any atom is -0.342 e. The van der Waals surface area contributed by atoms with Gasteiger partial charge in [-0.1, -0.05) is 41.7 Å². The number of likely N-dealkylation sites (tertiary alicyclic amines) is 1. The summed E-state index contributed by atoms with van der Waals surface area (Å²) in [6.45, 7) is 1.86. The van der Waals surface area contributed by atoms with Crippen LogP contribution in [0.15, 0.2) is 29.3 Å². The quantitative estimate of drug-likeness (QED) is 0.836. The summed E-state index contributed by atoms with van der Waals surface area (Å²) in [4.78, 5) is 18.8. The van der Waals surface area contributed by atoms with Crippen molar-refractivity contribution in [3.8, 4) is 0 Å². The lowest BCUT2D eigenvalue weighted by Crippen LogP contribution is -2.36. The molecule has 3 nitrogen and oxygen atoms in total. The topological polar surface area (TPSA) is 32.7 Å². The Morgan fingerprint density at radius 2 is 2.05 bits per heavy atom. The van der Waals surface area contributed by atoms with E-state index in [0.29, 0.717) is 5.75 Å². The van der Waals surface area contributed by atoms with E-state index in [1.165, 1.54) is 12.0 Å². The van der Waals surface area contributed by atoms with Crippen molar-refractivity contribution in [1.29, 1.82) is 0 Å². The van der Waals surface area contributed by atoms with Gasteiger partial charge >= 0.3 is 0 Å². The highest BCUT2D eigenvalue weighted by Crippen LogP contribution is 2.34. The van der Waals surface area contributed by atoms with Crippen molar-refractivity contribution in [3.63, 3.8) is 0 Å². The van der Waals surface area contributed by atoms with Gasteiger partial charge in [0, 0.05) is 18.8 Å². The highest BCUT2D eigenvalue weighted by atomic mass is 32.2. The predicted molar refractivity (Wildman–Crippen MR) is 87.7 cm³/mol. The van der Waals surface area contributed by atoms with Crippen LogP contribution in [0.5, 0.6) is 0 Å². The largest absolute Gasteiger partial charge is 0.342 e. The zero-order valence-electron chi connectivity index (χ0n) is 11.4. The number of hydrogen-bond acceptors (Lipinski definition) is 4. The zero-order valence-corrected chi connectivity index (χ0v) is 13.0. The van der Waals surface area contributed by atoms with Gasteiger partial charge in [-0.25, -0.2) is 4.99 Å². The van der Waals surface area contributed by atoms with E-state index in [0.717, 1.165) is 41.7 Å². The van der Waals surface area contributed by atoms with Crippen LogP contribution < -0.4 is 0 Å². The van der Waals surface area contributed by atoms with Crippen molar-refractivity contribution >= 4 is 39.5 Å². The number of carbonyl (C=O) groups is 1. The van der Waals surface area contributed by atoms with Crippen LogP contribution in [-0.2, 0) is 10.5 Å². The summed E-state index contributed by atoms with van der Waals surface area (Å²) in [7, 11) is 0. The number of nitrogens with zero attached hydrogens (tertiary/aromatic N) is 2. The Bertz CT molecular complexity index is 524. The van der Waals surface area contributed by atoms with Gasteiger partial charge < -0.3 is 4.90 Å². The SMILES string of the molecule is O=C(CSC1=Nc2ccccc2CS1)N1CCCCC1. The summed E-state index contributed by atoms with van der Waals surface area (Å²) in [6, 6.07) is 8.22. The molecule has 106 valence electrons. The molecule has 0 bridgehead atoms. The number of carbonyl (C=O) groups excluding carboxylic acids is 1. The average Bonchev–Trinajstić information content (AvgIpc) is 2.53. The zero-order chi connectivity index (χ0) is 13.8. The van der Waals surface area contributed by atoms with Crippen LogP contribution in [0.3, 0.4) is 0 Å². The summed E-state index contributed by atoms with van der Waals surface area (Å²) in [5.41, 5.74) is 2.34. The fourth-order valence-corrected chi connectivity index (χ4v) is 4.41. The molecule has 0 N–H and O–H groups in total. The molecule has 0 spiro atoms. The highest BCUT2D eigenvalue weighted by molar-refractivity contribution is 8.38. The number of thioether (sulfide) groups is 2. The van der Waals surface area contributed by atoms with Gasteiger partial charge in [-0.15, -0.1) is 0 Å². The number of piperidine rings is 1. The minimum absolute atomic E-state index is 0.261.